The van der Waals surface area contributed by atoms with Gasteiger partial charge in [0.1, 0.15) is 48.5 Å². The molecule has 25 heteroatoms. The van der Waals surface area contributed by atoms with E-state index in [0.717, 1.165) is 41.9 Å². The lowest BCUT2D eigenvalue weighted by Crippen LogP contribution is -2.60. The van der Waals surface area contributed by atoms with Crippen molar-refractivity contribution in [3.63, 3.8) is 0 Å². The van der Waals surface area contributed by atoms with Gasteiger partial charge in [0.2, 0.25) is 65.0 Å². The number of alkyl halides is 3. The molecule has 1 heterocycles. The molecular weight excluding hydrogens is 1210 g/mol. The number of hydrogen-bond donors (Lipinski definition) is 4. The van der Waals surface area contributed by atoms with E-state index in [-0.39, 0.29) is 85.8 Å². The minimum absolute atomic E-state index is 0.0250. The second kappa shape index (κ2) is 36.9. The van der Waals surface area contributed by atoms with Gasteiger partial charge < -0.3 is 55.6 Å². The summed E-state index contributed by atoms with van der Waals surface area (Å²) in [5.74, 6) is -7.79. The topological polar surface area (TPSA) is 259 Å². The van der Waals surface area contributed by atoms with Crippen molar-refractivity contribution in [1.29, 1.82) is 0 Å². The second-order valence-corrected chi connectivity index (χ2v) is 29.3. The molecule has 4 fully saturated rings. The van der Waals surface area contributed by atoms with Crippen molar-refractivity contribution < 1.29 is 57.1 Å². The van der Waals surface area contributed by atoms with Gasteiger partial charge in [0.15, 0.2) is 0 Å². The van der Waals surface area contributed by atoms with Crippen molar-refractivity contribution in [3.05, 3.63) is 0 Å². The molecule has 12 atom stereocenters. The van der Waals surface area contributed by atoms with Gasteiger partial charge in [-0.15, -0.1) is 23.2 Å². The Balaban J connectivity index is 1.82. The SMILES string of the molecule is CC[C@H](C)[C@@H]1NC(=O)[C@H](C)N(C)C(=O)C[C@@H](C)NC(=O)[C@H](CC(C)C)N(C)C(=O)[C@H](CC2CCCCC2)N(C)C(=O)[C@H](CC(C)C)NC(=O)[C@H](CCC2CC(Cl)CCC2F)NC(=O)CN(C)C(=O)[C@H](CC2CCC(Cl)CC2)N(C)C(=O)CN(C)C(=O)CN(C)C1=O. The highest BCUT2D eigenvalue weighted by molar-refractivity contribution is 6.20. The fraction of sp³-hybridized carbons (Fsp3) is 0.833. The summed E-state index contributed by atoms with van der Waals surface area (Å²) in [6.45, 7) is 12.8. The monoisotopic (exact) mass is 1320 g/mol. The third-order valence-electron chi connectivity index (χ3n) is 19.6. The number of carbonyl (C=O) groups excluding carboxylic acids is 11. The smallest absolute Gasteiger partial charge is 0.245 e. The Morgan fingerprint density at radius 3 is 1.64 bits per heavy atom. The average molecular weight is 1330 g/mol. The first-order chi connectivity index (χ1) is 42.6. The van der Waals surface area contributed by atoms with Gasteiger partial charge in [0, 0.05) is 72.6 Å². The molecule has 0 spiro atoms. The van der Waals surface area contributed by atoms with Crippen molar-refractivity contribution >= 4 is 88.2 Å². The van der Waals surface area contributed by atoms with Crippen LogP contribution in [0.25, 0.3) is 0 Å². The standard InChI is InChI=1S/C66H112Cl2FN11O11/c1-16-41(6)59-66(91)76(11)37-57(83)74(9)38-58(84)78(13)53(34-45-22-25-47(67)26-23-45)64(89)75(10)36-55(81)71-50(29-24-46-35-48(68)27-28-49(46)69)61(86)72-51(30-39(2)3)63(88)80(15)54(33-44-20-18-17-19-21-44)65(90)79(14)52(31-40(4)5)62(87)70-42(7)32-56(82)77(12)43(8)60(85)73-59/h39-54,59H,16-38H2,1-15H3,(H,70,87)(H,71,81)(H,72,86)(H,73,85)/t41-,42+,43-,45?,46?,47?,48?,49?,50-,51-,52-,53-,54-,59-/m0/s1. The van der Waals surface area contributed by atoms with Gasteiger partial charge in [-0.2, -0.15) is 0 Å². The summed E-state index contributed by atoms with van der Waals surface area (Å²) in [5.41, 5.74) is 0. The van der Waals surface area contributed by atoms with Gasteiger partial charge in [0.05, 0.1) is 19.6 Å². The number of carbonyl (C=O) groups is 11. The van der Waals surface area contributed by atoms with E-state index in [1.165, 1.54) is 80.8 Å². The van der Waals surface area contributed by atoms with E-state index in [9.17, 15) is 43.2 Å². The van der Waals surface area contributed by atoms with Crippen molar-refractivity contribution in [2.45, 2.75) is 249 Å². The van der Waals surface area contributed by atoms with Gasteiger partial charge in [0.25, 0.3) is 0 Å². The molecule has 0 radical (unpaired) electrons. The Morgan fingerprint density at radius 1 is 0.495 bits per heavy atom. The van der Waals surface area contributed by atoms with Crippen molar-refractivity contribution in [2.24, 2.45) is 35.5 Å². The molecule has 0 aromatic rings. The molecule has 0 bridgehead atoms. The summed E-state index contributed by atoms with van der Waals surface area (Å²) < 4.78 is 15.6. The highest BCUT2D eigenvalue weighted by atomic mass is 35.5. The maximum Gasteiger partial charge on any atom is 0.245 e. The second-order valence-electron chi connectivity index (χ2n) is 28.1. The van der Waals surface area contributed by atoms with Crippen molar-refractivity contribution in [2.75, 3.05) is 69.0 Å². The van der Waals surface area contributed by atoms with Crippen LogP contribution in [0, 0.1) is 35.5 Å². The minimum atomic E-state index is -1.33. The molecule has 3 unspecified atom stereocenters. The zero-order chi connectivity index (χ0) is 68.3. The lowest BCUT2D eigenvalue weighted by atomic mass is 9.83. The van der Waals surface area contributed by atoms with E-state index < -0.39 is 151 Å². The zero-order valence-electron chi connectivity index (χ0n) is 57.3. The molecule has 4 N–H and O–H groups in total. The van der Waals surface area contributed by atoms with Crippen LogP contribution in [0.3, 0.4) is 0 Å². The molecule has 22 nitrogen and oxygen atoms in total. The highest BCUT2D eigenvalue weighted by Crippen LogP contribution is 2.35. The summed E-state index contributed by atoms with van der Waals surface area (Å²) in [6.07, 6.45) is 8.34. The lowest BCUT2D eigenvalue weighted by Gasteiger charge is -2.38. The van der Waals surface area contributed by atoms with E-state index in [2.05, 4.69) is 21.3 Å². The normalized spacial score (nSPS) is 31.0. The first-order valence-corrected chi connectivity index (χ1v) is 34.4. The Labute approximate surface area is 552 Å². The summed E-state index contributed by atoms with van der Waals surface area (Å²) in [6, 6.07) is -8.77. The predicted molar refractivity (Wildman–Crippen MR) is 350 cm³/mol. The number of hydrogen-bond acceptors (Lipinski definition) is 11. The molecule has 3 saturated carbocycles. The van der Waals surface area contributed by atoms with E-state index in [0.29, 0.717) is 44.9 Å². The van der Waals surface area contributed by atoms with E-state index >= 15 is 14.0 Å². The maximum absolute atomic E-state index is 15.6. The van der Waals surface area contributed by atoms with Gasteiger partial charge in [-0.25, -0.2) is 4.39 Å². The number of amides is 11. The van der Waals surface area contributed by atoms with Crippen LogP contribution in [0.15, 0.2) is 0 Å². The Kier molecular flexibility index (Phi) is 31.7. The molecular formula is C66H112Cl2FN11O11. The largest absolute Gasteiger partial charge is 0.351 e. The molecule has 91 heavy (non-hydrogen) atoms. The molecule has 4 aliphatic rings. The van der Waals surface area contributed by atoms with Crippen molar-refractivity contribution in [3.8, 4) is 0 Å². The summed E-state index contributed by atoms with van der Waals surface area (Å²) in [5, 5.41) is 11.1. The molecule has 4 rings (SSSR count). The van der Waals surface area contributed by atoms with E-state index in [4.69, 9.17) is 23.2 Å². The third kappa shape index (κ3) is 23.6. The molecule has 518 valence electrons. The number of nitrogens with one attached hydrogen (secondary N) is 4. The van der Waals surface area contributed by atoms with E-state index in [1.54, 1.807) is 13.8 Å². The number of halogens is 3. The molecule has 1 aliphatic heterocycles. The first-order valence-electron chi connectivity index (χ1n) is 33.6. The first kappa shape index (κ1) is 78.1. The fourth-order valence-corrected chi connectivity index (χ4v) is 13.8. The Hall–Kier alpha value is -5.32. The van der Waals surface area contributed by atoms with Gasteiger partial charge in [-0.3, -0.25) is 52.7 Å². The van der Waals surface area contributed by atoms with Crippen molar-refractivity contribution in [1.82, 2.24) is 55.6 Å². The number of rotatable bonds is 13. The van der Waals surface area contributed by atoms with Gasteiger partial charge >= 0.3 is 0 Å². The van der Waals surface area contributed by atoms with Crippen LogP contribution in [0.2, 0.25) is 0 Å². The maximum atomic E-state index is 15.6. The molecule has 11 amide bonds. The Bertz CT molecular complexity index is 2480. The molecule has 1 saturated heterocycles. The van der Waals surface area contributed by atoms with Gasteiger partial charge in [-0.1, -0.05) is 80.1 Å². The predicted octanol–water partition coefficient (Wildman–Crippen LogP) is 5.87. The van der Waals surface area contributed by atoms with Crippen LogP contribution in [-0.2, 0) is 52.7 Å². The fourth-order valence-electron chi connectivity index (χ4n) is 13.2. The quantitative estimate of drug-likeness (QED) is 0.159. The van der Waals surface area contributed by atoms with Crippen LogP contribution < -0.4 is 21.3 Å². The average Bonchev–Trinajstić information content (AvgIpc) is 0.959. The van der Waals surface area contributed by atoms with Gasteiger partial charge in [-0.05, 0) is 133 Å². The third-order valence-corrected chi connectivity index (χ3v) is 20.4. The summed E-state index contributed by atoms with van der Waals surface area (Å²) >= 11 is 13.0. The number of nitrogens with zero attached hydrogens (tertiary/aromatic N) is 7. The van der Waals surface area contributed by atoms with Crippen LogP contribution in [0.5, 0.6) is 0 Å². The summed E-state index contributed by atoms with van der Waals surface area (Å²) in [7, 11) is 10.2. The van der Waals surface area contributed by atoms with Crippen LogP contribution in [-0.4, -0.2) is 234 Å². The Morgan fingerprint density at radius 2 is 1.04 bits per heavy atom. The number of likely N-dealkylation sites (N-methyl/N-ethyl adjacent to an activating group) is 7. The molecule has 0 aromatic carbocycles. The van der Waals surface area contributed by atoms with Crippen LogP contribution >= 0.6 is 23.2 Å². The highest BCUT2D eigenvalue weighted by Gasteiger charge is 2.42. The van der Waals surface area contributed by atoms with Crippen LogP contribution in [0.4, 0.5) is 4.39 Å². The van der Waals surface area contributed by atoms with Crippen LogP contribution in [0.1, 0.15) is 184 Å². The lowest BCUT2D eigenvalue weighted by molar-refractivity contribution is -0.150. The zero-order valence-corrected chi connectivity index (χ0v) is 58.8. The van der Waals surface area contributed by atoms with E-state index in [1.807, 2.05) is 34.6 Å². The summed E-state index contributed by atoms with van der Waals surface area (Å²) in [4.78, 5) is 168. The minimum Gasteiger partial charge on any atom is -0.351 e. The molecule has 3 aliphatic carbocycles. The molecule has 0 aromatic heterocycles.